The van der Waals surface area contributed by atoms with Crippen molar-refractivity contribution in [1.82, 2.24) is 4.90 Å². The van der Waals surface area contributed by atoms with Crippen LogP contribution in [-0.4, -0.2) is 46.5 Å². The van der Waals surface area contributed by atoms with Gasteiger partial charge < -0.3 is 10.0 Å². The second-order valence-electron chi connectivity index (χ2n) is 4.17. The van der Waals surface area contributed by atoms with Crippen molar-refractivity contribution in [2.24, 2.45) is 0 Å². The zero-order valence-corrected chi connectivity index (χ0v) is 10.8. The SMILES string of the molecule is O=C(O)c1ccc(CC(=O)N2CCSCC2)cc1. The molecule has 18 heavy (non-hydrogen) atoms. The molecule has 0 saturated carbocycles. The summed E-state index contributed by atoms with van der Waals surface area (Å²) in [7, 11) is 0. The molecule has 0 bridgehead atoms. The minimum absolute atomic E-state index is 0.123. The molecule has 1 aliphatic heterocycles. The van der Waals surface area contributed by atoms with Gasteiger partial charge in [-0.3, -0.25) is 4.79 Å². The van der Waals surface area contributed by atoms with Crippen LogP contribution >= 0.6 is 11.8 Å². The number of carboxylic acids is 1. The first kappa shape index (κ1) is 13.0. The first-order valence-electron chi connectivity index (χ1n) is 5.84. The van der Waals surface area contributed by atoms with Crippen molar-refractivity contribution in [1.29, 1.82) is 0 Å². The van der Waals surface area contributed by atoms with Crippen LogP contribution in [0.5, 0.6) is 0 Å². The minimum atomic E-state index is -0.944. The molecule has 1 aromatic carbocycles. The van der Waals surface area contributed by atoms with E-state index in [1.54, 1.807) is 12.1 Å². The van der Waals surface area contributed by atoms with Gasteiger partial charge in [0.2, 0.25) is 5.91 Å². The van der Waals surface area contributed by atoms with Gasteiger partial charge in [0.1, 0.15) is 0 Å². The summed E-state index contributed by atoms with van der Waals surface area (Å²) in [4.78, 5) is 24.6. The number of carbonyl (C=O) groups excluding carboxylic acids is 1. The number of aromatic carboxylic acids is 1. The van der Waals surface area contributed by atoms with Crippen LogP contribution in [0.15, 0.2) is 24.3 Å². The standard InChI is InChI=1S/C13H15NO3S/c15-12(14-5-7-18-8-6-14)9-10-1-3-11(4-2-10)13(16)17/h1-4H,5-9H2,(H,16,17). The molecule has 1 aliphatic rings. The second kappa shape index (κ2) is 5.91. The number of hydrogen-bond donors (Lipinski definition) is 1. The smallest absolute Gasteiger partial charge is 0.335 e. The number of thioether (sulfide) groups is 1. The quantitative estimate of drug-likeness (QED) is 0.900. The molecule has 96 valence electrons. The van der Waals surface area contributed by atoms with Crippen LogP contribution < -0.4 is 0 Å². The highest BCUT2D eigenvalue weighted by Gasteiger charge is 2.16. The number of amides is 1. The third kappa shape index (κ3) is 3.26. The molecule has 0 unspecified atom stereocenters. The molecule has 0 atom stereocenters. The van der Waals surface area contributed by atoms with Gasteiger partial charge in [-0.25, -0.2) is 4.79 Å². The first-order valence-corrected chi connectivity index (χ1v) is 7.00. The Bertz CT molecular complexity index is 438. The van der Waals surface area contributed by atoms with Crippen LogP contribution in [0.1, 0.15) is 15.9 Å². The van der Waals surface area contributed by atoms with E-state index in [4.69, 9.17) is 5.11 Å². The lowest BCUT2D eigenvalue weighted by Crippen LogP contribution is -2.38. The first-order chi connectivity index (χ1) is 8.66. The Morgan fingerprint density at radius 2 is 1.78 bits per heavy atom. The Morgan fingerprint density at radius 3 is 2.33 bits per heavy atom. The Hall–Kier alpha value is -1.49. The van der Waals surface area contributed by atoms with Crippen LogP contribution in [0.4, 0.5) is 0 Å². The number of carboxylic acid groups (broad SMARTS) is 1. The highest BCUT2D eigenvalue weighted by Crippen LogP contribution is 2.12. The minimum Gasteiger partial charge on any atom is -0.478 e. The van der Waals surface area contributed by atoms with Gasteiger partial charge in [0.15, 0.2) is 0 Å². The maximum atomic E-state index is 12.0. The van der Waals surface area contributed by atoms with E-state index in [0.29, 0.717) is 6.42 Å². The van der Waals surface area contributed by atoms with E-state index in [0.717, 1.165) is 30.2 Å². The van der Waals surface area contributed by atoms with Crippen molar-refractivity contribution < 1.29 is 14.7 Å². The van der Waals surface area contributed by atoms with Crippen molar-refractivity contribution in [3.05, 3.63) is 35.4 Å². The average Bonchev–Trinajstić information content (AvgIpc) is 2.40. The molecule has 0 aliphatic carbocycles. The summed E-state index contributed by atoms with van der Waals surface area (Å²) in [6.07, 6.45) is 0.352. The molecule has 0 radical (unpaired) electrons. The summed E-state index contributed by atoms with van der Waals surface area (Å²) in [5, 5.41) is 8.78. The van der Waals surface area contributed by atoms with Crippen LogP contribution in [0.25, 0.3) is 0 Å². The van der Waals surface area contributed by atoms with Crippen LogP contribution in [0.3, 0.4) is 0 Å². The Balaban J connectivity index is 1.96. The van der Waals surface area contributed by atoms with Gasteiger partial charge in [-0.2, -0.15) is 11.8 Å². The van der Waals surface area contributed by atoms with Crippen molar-refractivity contribution >= 4 is 23.6 Å². The predicted molar refractivity (Wildman–Crippen MR) is 71.0 cm³/mol. The molecule has 1 saturated heterocycles. The van der Waals surface area contributed by atoms with Crippen LogP contribution in [-0.2, 0) is 11.2 Å². The number of nitrogens with zero attached hydrogens (tertiary/aromatic N) is 1. The van der Waals surface area contributed by atoms with Crippen molar-refractivity contribution in [2.75, 3.05) is 24.6 Å². The number of hydrogen-bond acceptors (Lipinski definition) is 3. The summed E-state index contributed by atoms with van der Waals surface area (Å²) in [6, 6.07) is 6.49. The summed E-state index contributed by atoms with van der Waals surface area (Å²) < 4.78 is 0. The molecule has 1 heterocycles. The van der Waals surface area contributed by atoms with Crippen molar-refractivity contribution in [3.8, 4) is 0 Å². The third-order valence-electron chi connectivity index (χ3n) is 2.92. The topological polar surface area (TPSA) is 57.6 Å². The van der Waals surface area contributed by atoms with E-state index in [-0.39, 0.29) is 11.5 Å². The number of carbonyl (C=O) groups is 2. The van der Waals surface area contributed by atoms with Crippen LogP contribution in [0.2, 0.25) is 0 Å². The maximum absolute atomic E-state index is 12.0. The van der Waals surface area contributed by atoms with Crippen molar-refractivity contribution in [2.45, 2.75) is 6.42 Å². The van der Waals surface area contributed by atoms with E-state index in [9.17, 15) is 9.59 Å². The Morgan fingerprint density at radius 1 is 1.17 bits per heavy atom. The van der Waals surface area contributed by atoms with Crippen LogP contribution in [0, 0.1) is 0 Å². The third-order valence-corrected chi connectivity index (χ3v) is 3.86. The summed E-state index contributed by atoms with van der Waals surface area (Å²) in [5.41, 5.74) is 1.11. The average molecular weight is 265 g/mol. The van der Waals surface area contributed by atoms with E-state index >= 15 is 0 Å². The second-order valence-corrected chi connectivity index (χ2v) is 5.40. The van der Waals surface area contributed by atoms with Gasteiger partial charge in [0, 0.05) is 24.6 Å². The highest BCUT2D eigenvalue weighted by molar-refractivity contribution is 7.99. The molecule has 2 rings (SSSR count). The van der Waals surface area contributed by atoms with Gasteiger partial charge in [0.05, 0.1) is 12.0 Å². The zero-order valence-electron chi connectivity index (χ0n) is 9.96. The molecule has 5 heteroatoms. The Kier molecular flexibility index (Phi) is 4.25. The molecule has 0 aromatic heterocycles. The van der Waals surface area contributed by atoms with Crippen molar-refractivity contribution in [3.63, 3.8) is 0 Å². The fourth-order valence-corrected chi connectivity index (χ4v) is 2.77. The molecule has 0 spiro atoms. The fraction of sp³-hybridized carbons (Fsp3) is 0.385. The lowest BCUT2D eigenvalue weighted by atomic mass is 10.1. The molecule has 1 N–H and O–H groups in total. The molecule has 4 nitrogen and oxygen atoms in total. The summed E-state index contributed by atoms with van der Waals surface area (Å²) >= 11 is 1.87. The zero-order chi connectivity index (χ0) is 13.0. The molecular weight excluding hydrogens is 250 g/mol. The lowest BCUT2D eigenvalue weighted by Gasteiger charge is -2.26. The number of benzene rings is 1. The van der Waals surface area contributed by atoms with Gasteiger partial charge in [0.25, 0.3) is 0 Å². The summed E-state index contributed by atoms with van der Waals surface area (Å²) in [6.45, 7) is 1.63. The van der Waals surface area contributed by atoms with E-state index < -0.39 is 5.97 Å². The summed E-state index contributed by atoms with van der Waals surface area (Å²) in [5.74, 6) is 1.19. The molecule has 1 amide bonds. The molecular formula is C13H15NO3S. The van der Waals surface area contributed by atoms with E-state index in [1.807, 2.05) is 16.7 Å². The lowest BCUT2D eigenvalue weighted by molar-refractivity contribution is -0.130. The molecule has 1 aromatic rings. The monoisotopic (exact) mass is 265 g/mol. The largest absolute Gasteiger partial charge is 0.478 e. The normalized spacial score (nSPS) is 15.4. The van der Waals surface area contributed by atoms with E-state index in [2.05, 4.69) is 0 Å². The highest BCUT2D eigenvalue weighted by atomic mass is 32.2. The van der Waals surface area contributed by atoms with Gasteiger partial charge >= 0.3 is 5.97 Å². The maximum Gasteiger partial charge on any atom is 0.335 e. The van der Waals surface area contributed by atoms with E-state index in [1.165, 1.54) is 12.1 Å². The molecule has 1 fully saturated rings. The van der Waals surface area contributed by atoms with Gasteiger partial charge in [-0.15, -0.1) is 0 Å². The van der Waals surface area contributed by atoms with Gasteiger partial charge in [-0.05, 0) is 17.7 Å². The fourth-order valence-electron chi connectivity index (χ4n) is 1.86. The Labute approximate surface area is 110 Å². The van der Waals surface area contributed by atoms with Gasteiger partial charge in [-0.1, -0.05) is 12.1 Å². The number of rotatable bonds is 3. The predicted octanol–water partition coefficient (Wildman–Crippen LogP) is 1.50.